The van der Waals surface area contributed by atoms with Crippen LogP contribution in [0.1, 0.15) is 40.5 Å². The first kappa shape index (κ1) is 20.3. The van der Waals surface area contributed by atoms with Crippen molar-refractivity contribution in [2.75, 3.05) is 11.4 Å². The molecule has 4 heterocycles. The third kappa shape index (κ3) is 3.57. The number of amides is 1. The van der Waals surface area contributed by atoms with E-state index < -0.39 is 11.4 Å². The van der Waals surface area contributed by atoms with Crippen molar-refractivity contribution in [2.24, 2.45) is 0 Å². The van der Waals surface area contributed by atoms with Gasteiger partial charge in [-0.1, -0.05) is 11.6 Å². The number of pyridine rings is 1. The predicted octanol–water partition coefficient (Wildman–Crippen LogP) is 4.45. The second-order valence-corrected chi connectivity index (χ2v) is 9.22. The lowest BCUT2D eigenvalue weighted by molar-refractivity contribution is 0.00834. The van der Waals surface area contributed by atoms with Crippen molar-refractivity contribution in [1.82, 2.24) is 19.9 Å². The highest BCUT2D eigenvalue weighted by Crippen LogP contribution is 2.39. The molecular weight excluding hydrogens is 420 g/mol. The first-order chi connectivity index (χ1) is 13.6. The van der Waals surface area contributed by atoms with Gasteiger partial charge in [0, 0.05) is 18.8 Å². The number of hydrogen-bond donors (Lipinski definition) is 0. The molecule has 2 bridgehead atoms. The summed E-state index contributed by atoms with van der Waals surface area (Å²) in [6.07, 6.45) is 2.87. The smallest absolute Gasteiger partial charge is 0.410 e. The molecule has 0 spiro atoms. The molecule has 2 aromatic rings. The van der Waals surface area contributed by atoms with Crippen molar-refractivity contribution in [2.45, 2.75) is 64.3 Å². The highest BCUT2D eigenvalue weighted by molar-refractivity contribution is 6.30. The predicted molar refractivity (Wildman–Crippen MR) is 109 cm³/mol. The van der Waals surface area contributed by atoms with Crippen LogP contribution in [0.15, 0.2) is 6.20 Å². The summed E-state index contributed by atoms with van der Waals surface area (Å²) in [5.74, 6) is -0.228. The summed E-state index contributed by atoms with van der Waals surface area (Å²) in [5.41, 5.74) is -0.524. The molecule has 0 aliphatic carbocycles. The number of rotatable bonds is 1. The Balaban J connectivity index is 1.71. The maximum absolute atomic E-state index is 14.5. The van der Waals surface area contributed by atoms with E-state index in [4.69, 9.17) is 27.9 Å². The normalized spacial score (nSPS) is 24.3. The minimum Gasteiger partial charge on any atom is -0.444 e. The van der Waals surface area contributed by atoms with Gasteiger partial charge < -0.3 is 9.64 Å². The average Bonchev–Trinajstić information content (AvgIpc) is 2.97. The minimum atomic E-state index is -0.724. The summed E-state index contributed by atoms with van der Waals surface area (Å²) in [5, 5.41) is 0.108. The van der Waals surface area contributed by atoms with Gasteiger partial charge in [-0.3, -0.25) is 4.90 Å². The maximum atomic E-state index is 14.5. The molecule has 0 unspecified atom stereocenters. The lowest BCUT2D eigenvalue weighted by Gasteiger charge is -2.46. The zero-order valence-corrected chi connectivity index (χ0v) is 18.1. The molecule has 2 aliphatic rings. The van der Waals surface area contributed by atoms with Crippen LogP contribution in [0.5, 0.6) is 0 Å². The number of anilines is 1. The van der Waals surface area contributed by atoms with E-state index in [9.17, 15) is 9.18 Å². The van der Waals surface area contributed by atoms with Crippen molar-refractivity contribution < 1.29 is 13.9 Å². The minimum absolute atomic E-state index is 0.0278. The molecular formula is C19H22Cl2FN5O2. The van der Waals surface area contributed by atoms with Gasteiger partial charge >= 0.3 is 6.09 Å². The molecule has 0 radical (unpaired) electrons. The number of fused-ring (bicyclic) bond motifs is 3. The van der Waals surface area contributed by atoms with Gasteiger partial charge in [0.15, 0.2) is 11.0 Å². The second kappa shape index (κ2) is 7.09. The van der Waals surface area contributed by atoms with E-state index in [-0.39, 0.29) is 40.2 Å². The summed E-state index contributed by atoms with van der Waals surface area (Å²) in [4.78, 5) is 28.9. The van der Waals surface area contributed by atoms with E-state index in [2.05, 4.69) is 15.0 Å². The largest absolute Gasteiger partial charge is 0.444 e. The standard InChI is InChI=1S/C19H22Cl2FN5O2/c1-9-12-6-5-10(27(12)18(28)29-19(2,3)4)8-26(9)16-11-7-23-15(20)13(22)14(11)24-17(21)25-16/h7,9-10,12H,5-6,8H2,1-4H3/t9-,10-,12+/m1/s1. The molecule has 10 heteroatoms. The van der Waals surface area contributed by atoms with Crippen molar-refractivity contribution in [3.8, 4) is 0 Å². The van der Waals surface area contributed by atoms with E-state index in [0.717, 1.165) is 12.8 Å². The topological polar surface area (TPSA) is 71.5 Å². The fourth-order valence-electron chi connectivity index (χ4n) is 4.26. The number of aromatic nitrogens is 3. The molecule has 29 heavy (non-hydrogen) atoms. The van der Waals surface area contributed by atoms with Gasteiger partial charge in [0.25, 0.3) is 0 Å². The summed E-state index contributed by atoms with van der Waals surface area (Å²) < 4.78 is 20.1. The number of halogens is 3. The van der Waals surface area contributed by atoms with Gasteiger partial charge in [-0.25, -0.2) is 19.2 Å². The van der Waals surface area contributed by atoms with E-state index in [1.54, 1.807) is 0 Å². The van der Waals surface area contributed by atoms with Crippen molar-refractivity contribution in [1.29, 1.82) is 0 Å². The highest BCUT2D eigenvalue weighted by atomic mass is 35.5. The number of nitrogens with zero attached hydrogens (tertiary/aromatic N) is 5. The molecule has 156 valence electrons. The van der Waals surface area contributed by atoms with Crippen LogP contribution in [0.25, 0.3) is 10.9 Å². The van der Waals surface area contributed by atoms with Crippen LogP contribution in [0.4, 0.5) is 15.0 Å². The molecule has 2 saturated heterocycles. The van der Waals surface area contributed by atoms with E-state index in [1.807, 2.05) is 37.5 Å². The van der Waals surface area contributed by atoms with Gasteiger partial charge in [-0.2, -0.15) is 4.98 Å². The van der Waals surface area contributed by atoms with Gasteiger partial charge in [0.2, 0.25) is 5.28 Å². The summed E-state index contributed by atoms with van der Waals surface area (Å²) in [6.45, 7) is 8.12. The molecule has 2 aliphatic heterocycles. The van der Waals surface area contributed by atoms with Crippen molar-refractivity contribution >= 4 is 46.0 Å². The first-order valence-electron chi connectivity index (χ1n) is 9.52. The average molecular weight is 442 g/mol. The van der Waals surface area contributed by atoms with Crippen LogP contribution in [0.2, 0.25) is 10.4 Å². The summed E-state index contributed by atoms with van der Waals surface area (Å²) in [6, 6.07) is -0.147. The van der Waals surface area contributed by atoms with Gasteiger partial charge in [0.05, 0.1) is 17.5 Å². The van der Waals surface area contributed by atoms with Crippen molar-refractivity contribution in [3.63, 3.8) is 0 Å². The summed E-state index contributed by atoms with van der Waals surface area (Å²) >= 11 is 11.9. The lowest BCUT2D eigenvalue weighted by Crippen LogP contribution is -2.61. The Labute approximate surface area is 178 Å². The Morgan fingerprint density at radius 1 is 1.28 bits per heavy atom. The second-order valence-electron chi connectivity index (χ2n) is 8.52. The fraction of sp³-hybridized carbons (Fsp3) is 0.579. The quantitative estimate of drug-likeness (QED) is 0.480. The van der Waals surface area contributed by atoms with Gasteiger partial charge in [0.1, 0.15) is 16.9 Å². The molecule has 7 nitrogen and oxygen atoms in total. The monoisotopic (exact) mass is 441 g/mol. The fourth-order valence-corrected chi connectivity index (χ4v) is 4.56. The molecule has 3 atom stereocenters. The lowest BCUT2D eigenvalue weighted by atomic mass is 10.0. The molecule has 2 aromatic heterocycles. The first-order valence-corrected chi connectivity index (χ1v) is 10.3. The van der Waals surface area contributed by atoms with Crippen LogP contribution in [-0.4, -0.2) is 56.2 Å². The molecule has 0 saturated carbocycles. The van der Waals surface area contributed by atoms with Gasteiger partial charge in [-0.05, 0) is 52.1 Å². The number of carbonyl (C=O) groups excluding carboxylic acids is 1. The highest BCUT2D eigenvalue weighted by Gasteiger charge is 2.48. The SMILES string of the molecule is C[C@@H]1[C@@H]2CC[C@H](CN1c1nc(Cl)nc3c(F)c(Cl)ncc13)N2C(=O)OC(C)(C)C. The van der Waals surface area contributed by atoms with E-state index in [1.165, 1.54) is 6.20 Å². The maximum Gasteiger partial charge on any atom is 0.410 e. The molecule has 1 amide bonds. The Morgan fingerprint density at radius 3 is 2.69 bits per heavy atom. The Hall–Kier alpha value is -1.93. The number of carbonyl (C=O) groups is 1. The van der Waals surface area contributed by atoms with E-state index >= 15 is 0 Å². The molecule has 2 fully saturated rings. The number of piperazine rings is 1. The van der Waals surface area contributed by atoms with Crippen molar-refractivity contribution in [3.05, 3.63) is 22.5 Å². The van der Waals surface area contributed by atoms with E-state index in [0.29, 0.717) is 17.7 Å². The Bertz CT molecular complexity index is 983. The van der Waals surface area contributed by atoms with Crippen LogP contribution in [0.3, 0.4) is 0 Å². The third-order valence-electron chi connectivity index (χ3n) is 5.47. The van der Waals surface area contributed by atoms with Gasteiger partial charge in [-0.15, -0.1) is 0 Å². The number of ether oxygens (including phenoxy) is 1. The summed E-state index contributed by atoms with van der Waals surface area (Å²) in [7, 11) is 0. The van der Waals surface area contributed by atoms with Crippen LogP contribution in [0, 0.1) is 5.82 Å². The molecule has 0 N–H and O–H groups in total. The van der Waals surface area contributed by atoms with Crippen LogP contribution >= 0.6 is 23.2 Å². The Kier molecular flexibility index (Phi) is 4.98. The molecule has 0 aromatic carbocycles. The van der Waals surface area contributed by atoms with Crippen LogP contribution < -0.4 is 4.90 Å². The molecule has 4 rings (SSSR count). The Morgan fingerprint density at radius 2 is 2.00 bits per heavy atom. The van der Waals surface area contributed by atoms with Crippen LogP contribution in [-0.2, 0) is 4.74 Å². The zero-order chi connectivity index (χ0) is 21.1. The third-order valence-corrected chi connectivity index (χ3v) is 5.91. The number of hydrogen-bond acceptors (Lipinski definition) is 6. The zero-order valence-electron chi connectivity index (χ0n) is 16.6.